The standard InChI is InChI=1S/C27H28ClN7O4/c1-4-35-21(13-16(2)33-35)26(38)32-27-31-20-14-18(24(29)36)15-22(39-3)23(20)34(27)12-6-5-11-30-25(37)17-7-9-19(28)10-8-17/h5-10,13-15H,4,11-12H2,1-3H3,(H2,29,36)(H,30,37)(H,31,32,38)/b6-5+. The number of rotatable bonds is 10. The van der Waals surface area contributed by atoms with Gasteiger partial charge in [-0.1, -0.05) is 23.8 Å². The molecule has 2 aromatic carbocycles. The molecule has 0 radical (unpaired) electrons. The van der Waals surface area contributed by atoms with E-state index in [1.54, 1.807) is 51.7 Å². The van der Waals surface area contributed by atoms with E-state index in [1.165, 1.54) is 13.2 Å². The molecule has 3 amide bonds. The van der Waals surface area contributed by atoms with Gasteiger partial charge in [0.1, 0.15) is 17.0 Å². The lowest BCUT2D eigenvalue weighted by molar-refractivity contribution is 0.0955. The van der Waals surface area contributed by atoms with E-state index >= 15 is 0 Å². The molecule has 0 spiro atoms. The molecule has 0 unspecified atom stereocenters. The Kier molecular flexibility index (Phi) is 8.30. The van der Waals surface area contributed by atoms with E-state index in [0.29, 0.717) is 45.3 Å². The van der Waals surface area contributed by atoms with Gasteiger partial charge >= 0.3 is 0 Å². The summed E-state index contributed by atoms with van der Waals surface area (Å²) in [5.74, 6) is -0.642. The first kappa shape index (κ1) is 27.4. The zero-order valence-corrected chi connectivity index (χ0v) is 22.5. The molecule has 0 aliphatic carbocycles. The van der Waals surface area contributed by atoms with Crippen molar-refractivity contribution in [3.8, 4) is 5.75 Å². The highest BCUT2D eigenvalue weighted by atomic mass is 35.5. The number of aryl methyl sites for hydroxylation is 2. The van der Waals surface area contributed by atoms with E-state index in [1.807, 2.05) is 19.9 Å². The summed E-state index contributed by atoms with van der Waals surface area (Å²) in [6, 6.07) is 11.4. The number of ether oxygens (including phenoxy) is 1. The number of hydrogen-bond donors (Lipinski definition) is 3. The average Bonchev–Trinajstić information content (AvgIpc) is 3.47. The fourth-order valence-corrected chi connectivity index (χ4v) is 4.18. The molecule has 2 heterocycles. The van der Waals surface area contributed by atoms with Crippen LogP contribution in [0.25, 0.3) is 11.0 Å². The number of allylic oxidation sites excluding steroid dienone is 1. The van der Waals surface area contributed by atoms with Crippen LogP contribution in [0, 0.1) is 6.92 Å². The van der Waals surface area contributed by atoms with Gasteiger partial charge in [-0.2, -0.15) is 5.10 Å². The molecule has 4 N–H and O–H groups in total. The molecule has 2 aromatic heterocycles. The van der Waals surface area contributed by atoms with E-state index in [2.05, 4.69) is 20.7 Å². The van der Waals surface area contributed by atoms with Crippen molar-refractivity contribution in [3.05, 3.63) is 82.2 Å². The van der Waals surface area contributed by atoms with Crippen molar-refractivity contribution < 1.29 is 19.1 Å². The maximum Gasteiger partial charge on any atom is 0.276 e. The summed E-state index contributed by atoms with van der Waals surface area (Å²) in [4.78, 5) is 41.9. The van der Waals surface area contributed by atoms with Crippen LogP contribution in [-0.2, 0) is 13.1 Å². The van der Waals surface area contributed by atoms with E-state index < -0.39 is 5.91 Å². The van der Waals surface area contributed by atoms with Gasteiger partial charge in [0.15, 0.2) is 0 Å². The molecule has 0 bridgehead atoms. The van der Waals surface area contributed by atoms with Crippen LogP contribution in [0.15, 0.2) is 54.6 Å². The van der Waals surface area contributed by atoms with Crippen molar-refractivity contribution in [2.75, 3.05) is 19.0 Å². The lowest BCUT2D eigenvalue weighted by Crippen LogP contribution is -2.23. The lowest BCUT2D eigenvalue weighted by atomic mass is 10.1. The molecular weight excluding hydrogens is 522 g/mol. The highest BCUT2D eigenvalue weighted by molar-refractivity contribution is 6.30. The number of anilines is 1. The Balaban J connectivity index is 1.61. The topological polar surface area (TPSA) is 146 Å². The SMILES string of the molecule is CCn1nc(C)cc1C(=O)Nc1nc2cc(C(N)=O)cc(OC)c2n1C/C=C/CNC(=O)c1ccc(Cl)cc1. The third kappa shape index (κ3) is 6.10. The Labute approximate surface area is 229 Å². The Morgan fingerprint density at radius 2 is 1.82 bits per heavy atom. The number of primary amides is 1. The fraction of sp³-hybridized carbons (Fsp3) is 0.222. The van der Waals surface area contributed by atoms with Crippen LogP contribution in [0.1, 0.15) is 43.8 Å². The monoisotopic (exact) mass is 549 g/mol. The second-order valence-electron chi connectivity index (χ2n) is 8.59. The number of benzene rings is 2. The highest BCUT2D eigenvalue weighted by Crippen LogP contribution is 2.31. The maximum absolute atomic E-state index is 13.2. The van der Waals surface area contributed by atoms with Crippen LogP contribution < -0.4 is 21.1 Å². The smallest absolute Gasteiger partial charge is 0.276 e. The molecule has 0 aliphatic rings. The Morgan fingerprint density at radius 3 is 2.49 bits per heavy atom. The zero-order valence-electron chi connectivity index (χ0n) is 21.7. The van der Waals surface area contributed by atoms with Crippen molar-refractivity contribution in [2.24, 2.45) is 5.73 Å². The second kappa shape index (κ2) is 11.8. The zero-order chi connectivity index (χ0) is 28.1. The van der Waals surface area contributed by atoms with Crippen molar-refractivity contribution >= 4 is 46.3 Å². The highest BCUT2D eigenvalue weighted by Gasteiger charge is 2.21. The van der Waals surface area contributed by atoms with Crippen LogP contribution in [-0.4, -0.2) is 50.7 Å². The number of nitrogens with one attached hydrogen (secondary N) is 2. The molecule has 39 heavy (non-hydrogen) atoms. The van der Waals surface area contributed by atoms with Gasteiger partial charge in [0.2, 0.25) is 11.9 Å². The molecule has 202 valence electrons. The molecular formula is C27H28ClN7O4. The minimum absolute atomic E-state index is 0.224. The average molecular weight is 550 g/mol. The van der Waals surface area contributed by atoms with Gasteiger partial charge in [0.25, 0.3) is 11.8 Å². The summed E-state index contributed by atoms with van der Waals surface area (Å²) in [6.07, 6.45) is 3.60. The number of halogens is 1. The number of carbonyl (C=O) groups excluding carboxylic acids is 3. The lowest BCUT2D eigenvalue weighted by Gasteiger charge is -2.11. The third-order valence-electron chi connectivity index (χ3n) is 5.91. The first-order valence-electron chi connectivity index (χ1n) is 12.1. The van der Waals surface area contributed by atoms with Gasteiger partial charge in [0.05, 0.1) is 18.3 Å². The predicted molar refractivity (Wildman–Crippen MR) is 148 cm³/mol. The minimum atomic E-state index is -0.631. The summed E-state index contributed by atoms with van der Waals surface area (Å²) in [5.41, 5.74) is 8.30. The summed E-state index contributed by atoms with van der Waals surface area (Å²) < 4.78 is 8.88. The van der Waals surface area contributed by atoms with Crippen molar-refractivity contribution in [2.45, 2.75) is 26.9 Å². The molecule has 0 saturated heterocycles. The van der Waals surface area contributed by atoms with Gasteiger partial charge in [0, 0.05) is 35.8 Å². The van der Waals surface area contributed by atoms with Crippen molar-refractivity contribution in [1.29, 1.82) is 0 Å². The summed E-state index contributed by atoms with van der Waals surface area (Å²) in [5, 5.41) is 10.5. The largest absolute Gasteiger partial charge is 0.494 e. The van der Waals surface area contributed by atoms with Crippen LogP contribution in [0.4, 0.5) is 5.95 Å². The first-order valence-corrected chi connectivity index (χ1v) is 12.5. The number of aromatic nitrogens is 4. The first-order chi connectivity index (χ1) is 18.7. The minimum Gasteiger partial charge on any atom is -0.494 e. The number of amides is 3. The molecule has 4 rings (SSSR count). The number of nitrogens with zero attached hydrogens (tertiary/aromatic N) is 4. The Morgan fingerprint density at radius 1 is 1.08 bits per heavy atom. The molecule has 0 atom stereocenters. The number of carbonyl (C=O) groups is 3. The van der Waals surface area contributed by atoms with Crippen molar-refractivity contribution in [3.63, 3.8) is 0 Å². The third-order valence-corrected chi connectivity index (χ3v) is 6.16. The number of imidazole rings is 1. The van der Waals surface area contributed by atoms with Crippen molar-refractivity contribution in [1.82, 2.24) is 24.6 Å². The summed E-state index contributed by atoms with van der Waals surface area (Å²) in [6.45, 7) is 4.78. The van der Waals surface area contributed by atoms with Gasteiger partial charge in [-0.05, 0) is 56.3 Å². The van der Waals surface area contributed by atoms with E-state index in [4.69, 9.17) is 22.1 Å². The normalized spacial score (nSPS) is 11.2. The quantitative estimate of drug-likeness (QED) is 0.258. The van der Waals surface area contributed by atoms with Gasteiger partial charge in [-0.25, -0.2) is 4.98 Å². The number of methoxy groups -OCH3 is 1. The molecule has 11 nitrogen and oxygen atoms in total. The van der Waals surface area contributed by atoms with E-state index in [9.17, 15) is 14.4 Å². The van der Waals surface area contributed by atoms with E-state index in [0.717, 1.165) is 0 Å². The number of fused-ring (bicyclic) bond motifs is 1. The van der Waals surface area contributed by atoms with Crippen LogP contribution in [0.3, 0.4) is 0 Å². The summed E-state index contributed by atoms with van der Waals surface area (Å²) in [7, 11) is 1.47. The van der Waals surface area contributed by atoms with Crippen LogP contribution >= 0.6 is 11.6 Å². The molecule has 0 aliphatic heterocycles. The molecule has 12 heteroatoms. The second-order valence-corrected chi connectivity index (χ2v) is 9.02. The van der Waals surface area contributed by atoms with Gasteiger partial charge in [-0.15, -0.1) is 0 Å². The van der Waals surface area contributed by atoms with Crippen LogP contribution in [0.2, 0.25) is 5.02 Å². The molecule has 4 aromatic rings. The van der Waals surface area contributed by atoms with E-state index in [-0.39, 0.29) is 36.4 Å². The Bertz CT molecular complexity index is 1570. The van der Waals surface area contributed by atoms with Crippen LogP contribution in [0.5, 0.6) is 5.75 Å². The summed E-state index contributed by atoms with van der Waals surface area (Å²) >= 11 is 5.88. The fourth-order valence-electron chi connectivity index (χ4n) is 4.05. The number of hydrogen-bond acceptors (Lipinski definition) is 6. The molecule has 0 saturated carbocycles. The molecule has 0 fully saturated rings. The predicted octanol–water partition coefficient (Wildman–Crippen LogP) is 3.56. The van der Waals surface area contributed by atoms with Gasteiger partial charge in [-0.3, -0.25) is 24.4 Å². The Hall–Kier alpha value is -4.64. The number of nitrogens with two attached hydrogens (primary N) is 1. The van der Waals surface area contributed by atoms with Gasteiger partial charge < -0.3 is 20.4 Å². The maximum atomic E-state index is 13.2.